The molecular weight excluding hydrogens is 216 g/mol. The van der Waals surface area contributed by atoms with E-state index in [0.29, 0.717) is 0 Å². The Bertz CT molecular complexity index is 426. The molecule has 0 aliphatic rings. The van der Waals surface area contributed by atoms with Gasteiger partial charge in [-0.05, 0) is 34.5 Å². The molecule has 0 amide bonds. The van der Waals surface area contributed by atoms with Crippen LogP contribution in [-0.2, 0) is 0 Å². The minimum atomic E-state index is 0.778. The van der Waals surface area contributed by atoms with E-state index >= 15 is 0 Å². The Morgan fingerprint density at radius 3 is 3.00 bits per heavy atom. The van der Waals surface area contributed by atoms with Crippen LogP contribution < -0.4 is 0 Å². The van der Waals surface area contributed by atoms with Crippen LogP contribution in [0.3, 0.4) is 0 Å². The van der Waals surface area contributed by atoms with Crippen molar-refractivity contribution in [1.82, 2.24) is 9.97 Å². The van der Waals surface area contributed by atoms with Crippen molar-refractivity contribution in [3.63, 3.8) is 0 Å². The summed E-state index contributed by atoms with van der Waals surface area (Å²) in [4.78, 5) is 8.56. The topological polar surface area (TPSA) is 25.8 Å². The summed E-state index contributed by atoms with van der Waals surface area (Å²) in [6.45, 7) is 2.03. The first-order chi connectivity index (χ1) is 5.77. The molecule has 1 aromatic heterocycles. The van der Waals surface area contributed by atoms with Crippen LogP contribution in [0, 0.1) is 6.92 Å². The maximum atomic E-state index is 4.29. The van der Waals surface area contributed by atoms with Gasteiger partial charge in [-0.25, -0.2) is 4.98 Å². The van der Waals surface area contributed by atoms with Crippen LogP contribution in [-0.4, -0.2) is 9.97 Å². The molecule has 0 aliphatic carbocycles. The van der Waals surface area contributed by atoms with Crippen molar-refractivity contribution >= 4 is 27.0 Å². The van der Waals surface area contributed by atoms with Crippen LogP contribution in [0.2, 0.25) is 0 Å². The summed E-state index contributed by atoms with van der Waals surface area (Å²) in [5.74, 6) is 0. The van der Waals surface area contributed by atoms with Gasteiger partial charge >= 0.3 is 0 Å². The molecule has 2 rings (SSSR count). The lowest BCUT2D eigenvalue weighted by Crippen LogP contribution is -1.86. The van der Waals surface area contributed by atoms with Crippen LogP contribution in [0.15, 0.2) is 29.0 Å². The third-order valence-corrected chi connectivity index (χ3v) is 2.13. The van der Waals surface area contributed by atoms with Crippen LogP contribution in [0.25, 0.3) is 11.0 Å². The van der Waals surface area contributed by atoms with Gasteiger partial charge in [0.15, 0.2) is 0 Å². The number of benzene rings is 1. The first-order valence-electron chi connectivity index (χ1n) is 3.65. The molecule has 2 aromatic rings. The summed E-state index contributed by atoms with van der Waals surface area (Å²) in [5.41, 5.74) is 3.07. The van der Waals surface area contributed by atoms with Crippen molar-refractivity contribution in [2.75, 3.05) is 0 Å². The Kier molecular flexibility index (Phi) is 1.81. The van der Waals surface area contributed by atoms with Gasteiger partial charge in [0.05, 0.1) is 17.2 Å². The molecule has 0 spiro atoms. The second-order valence-electron chi connectivity index (χ2n) is 2.64. The molecule has 0 fully saturated rings. The highest BCUT2D eigenvalue weighted by atomic mass is 79.9. The highest BCUT2D eigenvalue weighted by Gasteiger charge is 1.98. The van der Waals surface area contributed by atoms with Gasteiger partial charge in [-0.15, -0.1) is 0 Å². The van der Waals surface area contributed by atoms with E-state index in [1.165, 1.54) is 0 Å². The van der Waals surface area contributed by atoms with E-state index in [4.69, 9.17) is 0 Å². The third kappa shape index (κ3) is 1.20. The lowest BCUT2D eigenvalue weighted by Gasteiger charge is -1.98. The molecule has 0 radical (unpaired) electrons. The van der Waals surface area contributed by atoms with Gasteiger partial charge in [0.25, 0.3) is 0 Å². The summed E-state index contributed by atoms with van der Waals surface area (Å²) in [6.07, 6.45) is 1.72. The van der Waals surface area contributed by atoms with Crippen LogP contribution in [0.4, 0.5) is 0 Å². The zero-order chi connectivity index (χ0) is 8.55. The van der Waals surface area contributed by atoms with E-state index in [-0.39, 0.29) is 0 Å². The lowest BCUT2D eigenvalue weighted by atomic mass is 10.2. The smallest absolute Gasteiger partial charge is 0.125 e. The maximum absolute atomic E-state index is 4.29. The van der Waals surface area contributed by atoms with E-state index in [9.17, 15) is 0 Å². The standard InChI is InChI=1S/C9H7BrN2/c1-6-3-2-4-7-9(6)11-5-8(10)12-7/h2-5H,1H3. The molecule has 3 heteroatoms. The second kappa shape index (κ2) is 2.83. The van der Waals surface area contributed by atoms with Crippen molar-refractivity contribution in [2.45, 2.75) is 6.92 Å². The first-order valence-corrected chi connectivity index (χ1v) is 4.44. The maximum Gasteiger partial charge on any atom is 0.125 e. The quantitative estimate of drug-likeness (QED) is 0.686. The van der Waals surface area contributed by atoms with Crippen molar-refractivity contribution in [3.05, 3.63) is 34.6 Å². The van der Waals surface area contributed by atoms with Crippen molar-refractivity contribution in [3.8, 4) is 0 Å². The van der Waals surface area contributed by atoms with Crippen molar-refractivity contribution in [1.29, 1.82) is 0 Å². The average molecular weight is 223 g/mol. The van der Waals surface area contributed by atoms with E-state index in [1.807, 2.05) is 25.1 Å². The first kappa shape index (κ1) is 7.68. The van der Waals surface area contributed by atoms with E-state index < -0.39 is 0 Å². The molecule has 0 unspecified atom stereocenters. The van der Waals surface area contributed by atoms with Gasteiger partial charge in [0, 0.05) is 0 Å². The zero-order valence-electron chi connectivity index (χ0n) is 6.58. The Morgan fingerprint density at radius 2 is 2.17 bits per heavy atom. The van der Waals surface area contributed by atoms with Crippen molar-refractivity contribution < 1.29 is 0 Å². The molecule has 0 bridgehead atoms. The fourth-order valence-electron chi connectivity index (χ4n) is 1.16. The van der Waals surface area contributed by atoms with Gasteiger partial charge in [-0.3, -0.25) is 4.98 Å². The SMILES string of the molecule is Cc1cccc2nc(Br)cnc12. The lowest BCUT2D eigenvalue weighted by molar-refractivity contribution is 1.23. The molecule has 0 saturated heterocycles. The molecule has 0 saturated carbocycles. The Labute approximate surface area is 78.8 Å². The normalized spacial score (nSPS) is 10.5. The number of halogens is 1. The van der Waals surface area contributed by atoms with E-state index in [0.717, 1.165) is 21.2 Å². The molecule has 0 N–H and O–H groups in total. The highest BCUT2D eigenvalue weighted by molar-refractivity contribution is 9.10. The number of aryl methyl sites for hydroxylation is 1. The number of fused-ring (bicyclic) bond motifs is 1. The molecule has 1 heterocycles. The van der Waals surface area contributed by atoms with Gasteiger partial charge in [-0.1, -0.05) is 12.1 Å². The van der Waals surface area contributed by atoms with Gasteiger partial charge in [0.2, 0.25) is 0 Å². The predicted octanol–water partition coefficient (Wildman–Crippen LogP) is 2.70. The number of rotatable bonds is 0. The molecule has 12 heavy (non-hydrogen) atoms. The summed E-state index contributed by atoms with van der Waals surface area (Å²) in [5, 5.41) is 0. The summed E-state index contributed by atoms with van der Waals surface area (Å²) < 4.78 is 0.778. The Morgan fingerprint density at radius 1 is 1.33 bits per heavy atom. The number of nitrogens with zero attached hydrogens (tertiary/aromatic N) is 2. The predicted molar refractivity (Wildman–Crippen MR) is 52.0 cm³/mol. The van der Waals surface area contributed by atoms with Crippen LogP contribution in [0.5, 0.6) is 0 Å². The van der Waals surface area contributed by atoms with Gasteiger partial charge in [0.1, 0.15) is 4.60 Å². The fraction of sp³-hybridized carbons (Fsp3) is 0.111. The number of hydrogen-bond donors (Lipinski definition) is 0. The average Bonchev–Trinajstić information content (AvgIpc) is 2.04. The molecule has 1 aromatic carbocycles. The molecule has 0 atom stereocenters. The van der Waals surface area contributed by atoms with Crippen LogP contribution in [0.1, 0.15) is 5.56 Å². The minimum Gasteiger partial charge on any atom is -0.252 e. The summed E-state index contributed by atoms with van der Waals surface area (Å²) >= 11 is 3.28. The largest absolute Gasteiger partial charge is 0.252 e. The number of hydrogen-bond acceptors (Lipinski definition) is 2. The van der Waals surface area contributed by atoms with Gasteiger partial charge in [-0.2, -0.15) is 0 Å². The summed E-state index contributed by atoms with van der Waals surface area (Å²) in [7, 11) is 0. The molecule has 60 valence electrons. The fourth-order valence-corrected chi connectivity index (χ4v) is 1.46. The molecule has 0 aliphatic heterocycles. The molecular formula is C9H7BrN2. The van der Waals surface area contributed by atoms with Crippen molar-refractivity contribution in [2.24, 2.45) is 0 Å². The van der Waals surface area contributed by atoms with E-state index in [1.54, 1.807) is 6.20 Å². The second-order valence-corrected chi connectivity index (χ2v) is 3.45. The minimum absolute atomic E-state index is 0.778. The Balaban J connectivity index is 2.86. The third-order valence-electron chi connectivity index (χ3n) is 1.74. The number of para-hydroxylation sites is 1. The van der Waals surface area contributed by atoms with E-state index in [2.05, 4.69) is 25.9 Å². The summed E-state index contributed by atoms with van der Waals surface area (Å²) in [6, 6.07) is 5.98. The zero-order valence-corrected chi connectivity index (χ0v) is 8.17. The van der Waals surface area contributed by atoms with Gasteiger partial charge < -0.3 is 0 Å². The Hall–Kier alpha value is -0.960. The molecule has 2 nitrogen and oxygen atoms in total. The van der Waals surface area contributed by atoms with Crippen LogP contribution >= 0.6 is 15.9 Å². The number of aromatic nitrogens is 2. The highest BCUT2D eigenvalue weighted by Crippen LogP contribution is 2.15. The monoisotopic (exact) mass is 222 g/mol.